The summed E-state index contributed by atoms with van der Waals surface area (Å²) in [4.78, 5) is 30.5. The van der Waals surface area contributed by atoms with E-state index in [0.717, 1.165) is 24.3 Å². The number of carbonyl (C=O) groups is 2. The average Bonchev–Trinajstić information content (AvgIpc) is 3.17. The number of hydrogen-bond acceptors (Lipinski definition) is 5. The first kappa shape index (κ1) is 18.1. The van der Waals surface area contributed by atoms with Gasteiger partial charge < -0.3 is 10.4 Å². The third-order valence-corrected chi connectivity index (χ3v) is 6.02. The molecule has 1 aromatic heterocycles. The van der Waals surface area contributed by atoms with Gasteiger partial charge in [-0.3, -0.25) is 15.0 Å². The topological polar surface area (TPSA) is 94.6 Å². The van der Waals surface area contributed by atoms with Crippen LogP contribution in [0.1, 0.15) is 50.3 Å². The Morgan fingerprint density at radius 2 is 2.12 bits per heavy atom. The van der Waals surface area contributed by atoms with Crippen molar-refractivity contribution < 1.29 is 14.7 Å². The van der Waals surface area contributed by atoms with Crippen LogP contribution in [0.3, 0.4) is 0 Å². The van der Waals surface area contributed by atoms with Crippen LogP contribution in [0.15, 0.2) is 6.20 Å². The van der Waals surface area contributed by atoms with Crippen LogP contribution in [0.25, 0.3) is 0 Å². The van der Waals surface area contributed by atoms with Crippen molar-refractivity contribution in [3.05, 3.63) is 11.1 Å². The van der Waals surface area contributed by atoms with Crippen molar-refractivity contribution in [1.29, 1.82) is 0 Å². The molecule has 8 heteroatoms. The molecule has 3 rings (SSSR count). The fraction of sp³-hybridized carbons (Fsp3) is 0.706. The van der Waals surface area contributed by atoms with E-state index >= 15 is 0 Å². The van der Waals surface area contributed by atoms with Gasteiger partial charge in [0.2, 0.25) is 0 Å². The fourth-order valence-corrected chi connectivity index (χ4v) is 3.90. The fourth-order valence-electron chi connectivity index (χ4n) is 3.08. The first-order valence-electron chi connectivity index (χ1n) is 8.89. The highest BCUT2D eigenvalue weighted by Gasteiger charge is 2.37. The molecule has 2 amide bonds. The van der Waals surface area contributed by atoms with Gasteiger partial charge in [-0.15, -0.1) is 11.3 Å². The number of nitrogens with zero attached hydrogens (tertiary/aromatic N) is 2. The maximum absolute atomic E-state index is 12.1. The van der Waals surface area contributed by atoms with E-state index in [4.69, 9.17) is 5.11 Å². The molecule has 0 atom stereocenters. The summed E-state index contributed by atoms with van der Waals surface area (Å²) in [5.41, 5.74) is 0. The standard InChI is InChI=1S/C17H26N4O3S/c1-10(2)14-7-18-17(25-14)20-16(24)19-12-5-13(6-12)21(9-15(22)23)8-11-3-4-11/h7,10-13H,3-6,8-9H2,1-2H3,(H,22,23)(H2,18,19,20,24). The summed E-state index contributed by atoms with van der Waals surface area (Å²) in [7, 11) is 0. The number of amides is 2. The molecule has 0 aromatic carbocycles. The molecule has 0 unspecified atom stereocenters. The molecule has 0 aliphatic heterocycles. The van der Waals surface area contributed by atoms with E-state index in [-0.39, 0.29) is 24.7 Å². The molecule has 0 radical (unpaired) electrons. The molecule has 1 aromatic rings. The van der Waals surface area contributed by atoms with Crippen LogP contribution in [-0.2, 0) is 4.79 Å². The zero-order valence-corrected chi connectivity index (χ0v) is 15.5. The van der Waals surface area contributed by atoms with Crippen LogP contribution in [0.4, 0.5) is 9.93 Å². The Labute approximate surface area is 151 Å². The van der Waals surface area contributed by atoms with Crippen molar-refractivity contribution >= 4 is 28.5 Å². The van der Waals surface area contributed by atoms with Crippen LogP contribution < -0.4 is 10.6 Å². The van der Waals surface area contributed by atoms with Gasteiger partial charge in [0, 0.05) is 29.7 Å². The third-order valence-electron chi connectivity index (χ3n) is 4.81. The van der Waals surface area contributed by atoms with Crippen molar-refractivity contribution in [2.24, 2.45) is 5.92 Å². The van der Waals surface area contributed by atoms with Crippen LogP contribution in [0.5, 0.6) is 0 Å². The Balaban J connectivity index is 1.42. The van der Waals surface area contributed by atoms with Crippen molar-refractivity contribution in [1.82, 2.24) is 15.2 Å². The number of aromatic nitrogens is 1. The van der Waals surface area contributed by atoms with Gasteiger partial charge >= 0.3 is 12.0 Å². The molecule has 7 nitrogen and oxygen atoms in total. The first-order chi connectivity index (χ1) is 11.9. The van der Waals surface area contributed by atoms with Gasteiger partial charge in [-0.1, -0.05) is 13.8 Å². The summed E-state index contributed by atoms with van der Waals surface area (Å²) < 4.78 is 0. The number of thiazole rings is 1. The van der Waals surface area contributed by atoms with Crippen LogP contribution in [0, 0.1) is 5.92 Å². The predicted octanol–water partition coefficient (Wildman–Crippen LogP) is 2.72. The molecule has 0 spiro atoms. The van der Waals surface area contributed by atoms with Gasteiger partial charge in [0.05, 0.1) is 6.54 Å². The highest BCUT2D eigenvalue weighted by molar-refractivity contribution is 7.15. The molecular formula is C17H26N4O3S. The maximum atomic E-state index is 12.1. The summed E-state index contributed by atoms with van der Waals surface area (Å²) >= 11 is 1.49. The van der Waals surface area contributed by atoms with Gasteiger partial charge in [-0.25, -0.2) is 9.78 Å². The minimum atomic E-state index is -0.778. The third kappa shape index (κ3) is 5.15. The number of carboxylic acids is 1. The normalized spacial score (nSPS) is 22.7. The second-order valence-electron chi connectivity index (χ2n) is 7.41. The Morgan fingerprint density at radius 1 is 1.40 bits per heavy atom. The second kappa shape index (κ2) is 7.70. The number of aliphatic carboxylic acids is 1. The lowest BCUT2D eigenvalue weighted by Gasteiger charge is -2.42. The predicted molar refractivity (Wildman–Crippen MR) is 97.1 cm³/mol. The molecule has 138 valence electrons. The minimum Gasteiger partial charge on any atom is -0.480 e. The molecule has 3 N–H and O–H groups in total. The Hall–Kier alpha value is -1.67. The lowest BCUT2D eigenvalue weighted by molar-refractivity contribution is -0.139. The van der Waals surface area contributed by atoms with Crippen LogP contribution >= 0.6 is 11.3 Å². The van der Waals surface area contributed by atoms with Crippen molar-refractivity contribution in [3.8, 4) is 0 Å². The largest absolute Gasteiger partial charge is 0.480 e. The van der Waals surface area contributed by atoms with Gasteiger partial charge in [-0.05, 0) is 37.5 Å². The quantitative estimate of drug-likeness (QED) is 0.658. The van der Waals surface area contributed by atoms with E-state index in [2.05, 4.69) is 34.4 Å². The molecule has 2 saturated carbocycles. The first-order valence-corrected chi connectivity index (χ1v) is 9.71. The number of hydrogen-bond donors (Lipinski definition) is 3. The van der Waals surface area contributed by atoms with Crippen LogP contribution in [-0.4, -0.2) is 52.2 Å². The van der Waals surface area contributed by atoms with E-state index in [1.807, 2.05) is 0 Å². The van der Waals surface area contributed by atoms with Crippen molar-refractivity contribution in [2.45, 2.75) is 57.5 Å². The Kier molecular flexibility index (Phi) is 5.58. The number of nitrogens with one attached hydrogen (secondary N) is 2. The zero-order chi connectivity index (χ0) is 18.0. The van der Waals surface area contributed by atoms with Crippen molar-refractivity contribution in [2.75, 3.05) is 18.4 Å². The average molecular weight is 366 g/mol. The molecule has 2 aliphatic carbocycles. The van der Waals surface area contributed by atoms with Gasteiger partial charge in [-0.2, -0.15) is 0 Å². The minimum absolute atomic E-state index is 0.0944. The summed E-state index contributed by atoms with van der Waals surface area (Å²) in [5, 5.41) is 15.4. The van der Waals surface area contributed by atoms with E-state index in [9.17, 15) is 9.59 Å². The number of carbonyl (C=O) groups excluding carboxylic acids is 1. The summed E-state index contributed by atoms with van der Waals surface area (Å²) in [6.07, 6.45) is 5.83. The SMILES string of the molecule is CC(C)c1cnc(NC(=O)NC2CC(N(CC(=O)O)CC3CC3)C2)s1. The summed E-state index contributed by atoms with van der Waals surface area (Å²) in [5.74, 6) is 0.282. The van der Waals surface area contributed by atoms with E-state index in [1.54, 1.807) is 6.20 Å². The second-order valence-corrected chi connectivity index (χ2v) is 8.47. The molecule has 0 saturated heterocycles. The molecule has 2 fully saturated rings. The number of urea groups is 1. The number of carboxylic acid groups (broad SMARTS) is 1. The maximum Gasteiger partial charge on any atom is 0.321 e. The van der Waals surface area contributed by atoms with Crippen LogP contribution in [0.2, 0.25) is 0 Å². The zero-order valence-electron chi connectivity index (χ0n) is 14.7. The lowest BCUT2D eigenvalue weighted by Crippen LogP contribution is -2.55. The highest BCUT2D eigenvalue weighted by Crippen LogP contribution is 2.33. The van der Waals surface area contributed by atoms with Gasteiger partial charge in [0.15, 0.2) is 5.13 Å². The summed E-state index contributed by atoms with van der Waals surface area (Å²) in [6, 6.07) is 0.125. The molecule has 25 heavy (non-hydrogen) atoms. The van der Waals surface area contributed by atoms with E-state index < -0.39 is 5.97 Å². The molecule has 0 bridgehead atoms. The summed E-state index contributed by atoms with van der Waals surface area (Å²) in [6.45, 7) is 5.15. The Bertz CT molecular complexity index is 623. The van der Waals surface area contributed by atoms with E-state index in [1.165, 1.54) is 24.2 Å². The van der Waals surface area contributed by atoms with E-state index in [0.29, 0.717) is 17.0 Å². The smallest absolute Gasteiger partial charge is 0.321 e. The van der Waals surface area contributed by atoms with Gasteiger partial charge in [0.25, 0.3) is 0 Å². The molecule has 1 heterocycles. The number of anilines is 1. The molecular weight excluding hydrogens is 340 g/mol. The highest BCUT2D eigenvalue weighted by atomic mass is 32.1. The lowest BCUT2D eigenvalue weighted by atomic mass is 9.85. The Morgan fingerprint density at radius 3 is 2.68 bits per heavy atom. The van der Waals surface area contributed by atoms with Gasteiger partial charge in [0.1, 0.15) is 0 Å². The number of rotatable bonds is 8. The monoisotopic (exact) mass is 366 g/mol. The van der Waals surface area contributed by atoms with Crippen molar-refractivity contribution in [3.63, 3.8) is 0 Å². The molecule has 2 aliphatic rings.